The number of nitrogens with zero attached hydrogens (tertiary/aromatic N) is 3. The first-order chi connectivity index (χ1) is 9.65. The zero-order valence-electron chi connectivity index (χ0n) is 11.8. The molecule has 0 unspecified atom stereocenters. The third-order valence-electron chi connectivity index (χ3n) is 2.79. The van der Waals surface area contributed by atoms with Gasteiger partial charge < -0.3 is 9.47 Å². The summed E-state index contributed by atoms with van der Waals surface area (Å²) < 4.78 is 25.6. The highest BCUT2D eigenvalue weighted by Crippen LogP contribution is 2.19. The van der Waals surface area contributed by atoms with Crippen LogP contribution in [0, 0.1) is 12.7 Å². The van der Waals surface area contributed by atoms with Crippen LogP contribution in [-0.2, 0) is 9.47 Å². The van der Waals surface area contributed by atoms with E-state index in [9.17, 15) is 4.39 Å². The van der Waals surface area contributed by atoms with E-state index in [1.54, 1.807) is 16.9 Å². The smallest absolute Gasteiger partial charge is 0.204 e. The first kappa shape index (κ1) is 14.6. The second-order valence-corrected chi connectivity index (χ2v) is 4.26. The Labute approximate surface area is 117 Å². The zero-order chi connectivity index (χ0) is 14.5. The summed E-state index contributed by atoms with van der Waals surface area (Å²) in [5.74, 6) is -0.270. The Balaban J connectivity index is 2.27. The number of hydrogen-bond acceptors (Lipinski definition) is 4. The summed E-state index contributed by atoms with van der Waals surface area (Å²) in [5, 5.41) is 8.11. The minimum Gasteiger partial charge on any atom is -0.347 e. The van der Waals surface area contributed by atoms with E-state index >= 15 is 0 Å². The normalized spacial score (nSPS) is 11.2. The molecule has 1 aromatic heterocycles. The summed E-state index contributed by atoms with van der Waals surface area (Å²) in [4.78, 5) is 0. The first-order valence-electron chi connectivity index (χ1n) is 6.57. The minimum atomic E-state index is -0.528. The van der Waals surface area contributed by atoms with E-state index in [2.05, 4.69) is 10.3 Å². The van der Waals surface area contributed by atoms with E-state index in [1.807, 2.05) is 20.8 Å². The lowest BCUT2D eigenvalue weighted by Gasteiger charge is -2.13. The van der Waals surface area contributed by atoms with Crippen LogP contribution in [0.1, 0.15) is 31.4 Å². The highest BCUT2D eigenvalue weighted by molar-refractivity contribution is 5.39. The number of rotatable bonds is 6. The molecule has 1 aromatic carbocycles. The maximum Gasteiger partial charge on any atom is 0.204 e. The van der Waals surface area contributed by atoms with Gasteiger partial charge in [-0.05, 0) is 44.5 Å². The van der Waals surface area contributed by atoms with Crippen LogP contribution >= 0.6 is 0 Å². The van der Waals surface area contributed by atoms with E-state index < -0.39 is 6.29 Å². The maximum atomic E-state index is 13.1. The first-order valence-corrected chi connectivity index (χ1v) is 6.57. The molecule has 2 aromatic rings. The maximum absolute atomic E-state index is 13.1. The number of aryl methyl sites for hydroxylation is 1. The molecule has 0 bridgehead atoms. The summed E-state index contributed by atoms with van der Waals surface area (Å²) >= 11 is 0. The third kappa shape index (κ3) is 3.20. The molecule has 0 atom stereocenters. The van der Waals surface area contributed by atoms with Gasteiger partial charge in [0.15, 0.2) is 0 Å². The van der Waals surface area contributed by atoms with Crippen molar-refractivity contribution in [3.05, 3.63) is 41.5 Å². The Hall–Kier alpha value is -1.79. The summed E-state index contributed by atoms with van der Waals surface area (Å²) in [6.07, 6.45) is 1.20. The SMILES string of the molecule is CCOC(OCC)c1cn(-c2ccc(F)cc2C)nn1. The standard InChI is InChI=1S/C14H18FN3O2/c1-4-19-14(20-5-2)12-9-18(17-16-12)13-7-6-11(15)8-10(13)3/h6-9,14H,4-5H2,1-3H3. The van der Waals surface area contributed by atoms with Crippen LogP contribution in [0.3, 0.4) is 0 Å². The quantitative estimate of drug-likeness (QED) is 0.763. The van der Waals surface area contributed by atoms with Gasteiger partial charge >= 0.3 is 0 Å². The Bertz CT molecular complexity index is 565. The molecule has 0 saturated carbocycles. The van der Waals surface area contributed by atoms with E-state index in [0.717, 1.165) is 11.3 Å². The molecule has 5 nitrogen and oxygen atoms in total. The van der Waals surface area contributed by atoms with Crippen molar-refractivity contribution in [2.45, 2.75) is 27.1 Å². The summed E-state index contributed by atoms with van der Waals surface area (Å²) in [6, 6.07) is 4.52. The highest BCUT2D eigenvalue weighted by atomic mass is 19.1. The summed E-state index contributed by atoms with van der Waals surface area (Å²) in [5.41, 5.74) is 2.15. The topological polar surface area (TPSA) is 49.2 Å². The highest BCUT2D eigenvalue weighted by Gasteiger charge is 2.16. The predicted molar refractivity (Wildman–Crippen MR) is 72.0 cm³/mol. The Morgan fingerprint density at radius 3 is 2.55 bits per heavy atom. The van der Waals surface area contributed by atoms with Gasteiger partial charge in [-0.25, -0.2) is 9.07 Å². The molecule has 0 saturated heterocycles. The van der Waals surface area contributed by atoms with Gasteiger partial charge in [-0.1, -0.05) is 5.21 Å². The van der Waals surface area contributed by atoms with E-state index in [1.165, 1.54) is 12.1 Å². The lowest BCUT2D eigenvalue weighted by atomic mass is 10.2. The molecule has 6 heteroatoms. The second-order valence-electron chi connectivity index (χ2n) is 4.26. The largest absolute Gasteiger partial charge is 0.347 e. The van der Waals surface area contributed by atoms with Gasteiger partial charge in [-0.3, -0.25) is 0 Å². The van der Waals surface area contributed by atoms with Crippen LogP contribution in [0.25, 0.3) is 5.69 Å². The van der Waals surface area contributed by atoms with Gasteiger partial charge in [0.1, 0.15) is 11.5 Å². The molecule has 20 heavy (non-hydrogen) atoms. The van der Waals surface area contributed by atoms with Crippen molar-refractivity contribution < 1.29 is 13.9 Å². The van der Waals surface area contributed by atoms with Crippen LogP contribution in [0.2, 0.25) is 0 Å². The molecule has 1 heterocycles. The number of aromatic nitrogens is 3. The molecule has 0 spiro atoms. The van der Waals surface area contributed by atoms with Crippen molar-refractivity contribution in [2.75, 3.05) is 13.2 Å². The number of halogens is 1. The number of hydrogen-bond donors (Lipinski definition) is 0. The van der Waals surface area contributed by atoms with Crippen molar-refractivity contribution in [1.29, 1.82) is 0 Å². The monoisotopic (exact) mass is 279 g/mol. The average molecular weight is 279 g/mol. The lowest BCUT2D eigenvalue weighted by Crippen LogP contribution is -2.09. The molecule has 0 N–H and O–H groups in total. The molecular weight excluding hydrogens is 261 g/mol. The molecule has 0 radical (unpaired) electrons. The minimum absolute atomic E-state index is 0.270. The van der Waals surface area contributed by atoms with Gasteiger partial charge in [0.25, 0.3) is 0 Å². The third-order valence-corrected chi connectivity index (χ3v) is 2.79. The summed E-state index contributed by atoms with van der Waals surface area (Å²) in [6.45, 7) is 6.64. The fourth-order valence-electron chi connectivity index (χ4n) is 1.90. The van der Waals surface area contributed by atoms with Crippen LogP contribution in [0.4, 0.5) is 4.39 Å². The molecule has 2 rings (SSSR count). The van der Waals surface area contributed by atoms with E-state index in [0.29, 0.717) is 18.9 Å². The summed E-state index contributed by atoms with van der Waals surface area (Å²) in [7, 11) is 0. The molecule has 0 aliphatic heterocycles. The Morgan fingerprint density at radius 2 is 1.95 bits per heavy atom. The fraction of sp³-hybridized carbons (Fsp3) is 0.429. The Kier molecular flexibility index (Phi) is 4.81. The number of benzene rings is 1. The van der Waals surface area contributed by atoms with Gasteiger partial charge in [0, 0.05) is 13.2 Å². The van der Waals surface area contributed by atoms with Crippen LogP contribution in [-0.4, -0.2) is 28.2 Å². The van der Waals surface area contributed by atoms with Gasteiger partial charge in [-0.2, -0.15) is 0 Å². The molecule has 0 amide bonds. The van der Waals surface area contributed by atoms with Crippen molar-refractivity contribution in [2.24, 2.45) is 0 Å². The van der Waals surface area contributed by atoms with Crippen molar-refractivity contribution in [3.63, 3.8) is 0 Å². The van der Waals surface area contributed by atoms with Crippen molar-refractivity contribution in [3.8, 4) is 5.69 Å². The number of ether oxygens (including phenoxy) is 2. The van der Waals surface area contributed by atoms with Crippen molar-refractivity contribution >= 4 is 0 Å². The van der Waals surface area contributed by atoms with E-state index in [-0.39, 0.29) is 5.82 Å². The molecular formula is C14H18FN3O2. The molecule has 0 aliphatic carbocycles. The van der Waals surface area contributed by atoms with Crippen molar-refractivity contribution in [1.82, 2.24) is 15.0 Å². The van der Waals surface area contributed by atoms with Gasteiger partial charge in [0.2, 0.25) is 6.29 Å². The zero-order valence-corrected chi connectivity index (χ0v) is 11.8. The Morgan fingerprint density at radius 1 is 1.25 bits per heavy atom. The molecule has 0 aliphatic rings. The molecule has 0 fully saturated rings. The van der Waals surface area contributed by atoms with Crippen LogP contribution < -0.4 is 0 Å². The van der Waals surface area contributed by atoms with Gasteiger partial charge in [0.05, 0.1) is 11.9 Å². The van der Waals surface area contributed by atoms with Crippen LogP contribution in [0.15, 0.2) is 24.4 Å². The predicted octanol–water partition coefficient (Wildman–Crippen LogP) is 2.79. The lowest BCUT2D eigenvalue weighted by molar-refractivity contribution is -0.142. The average Bonchev–Trinajstić information content (AvgIpc) is 2.88. The molecule has 108 valence electrons. The second kappa shape index (κ2) is 6.58. The van der Waals surface area contributed by atoms with Crippen LogP contribution in [0.5, 0.6) is 0 Å². The van der Waals surface area contributed by atoms with E-state index in [4.69, 9.17) is 9.47 Å². The van der Waals surface area contributed by atoms with Gasteiger partial charge in [-0.15, -0.1) is 5.10 Å². The fourth-order valence-corrected chi connectivity index (χ4v) is 1.90.